The topological polar surface area (TPSA) is 75.8 Å². The van der Waals surface area contributed by atoms with Gasteiger partial charge < -0.3 is 19.2 Å². The Labute approximate surface area is 141 Å². The normalized spacial score (nSPS) is 16.9. The molecule has 2 aromatic rings. The van der Waals surface area contributed by atoms with Crippen LogP contribution in [0.5, 0.6) is 5.95 Å². The summed E-state index contributed by atoms with van der Waals surface area (Å²) in [6, 6.07) is 7.06. The molecule has 3 heterocycles. The van der Waals surface area contributed by atoms with E-state index in [4.69, 9.17) is 9.15 Å². The average molecular weight is 330 g/mol. The summed E-state index contributed by atoms with van der Waals surface area (Å²) in [6.07, 6.45) is 2.66. The van der Waals surface area contributed by atoms with Crippen LogP contribution in [0.15, 0.2) is 34.9 Å². The van der Waals surface area contributed by atoms with Gasteiger partial charge in [0.1, 0.15) is 5.60 Å². The number of hydrogen-bond donors (Lipinski definition) is 1. The number of likely N-dealkylation sites (tertiary alicyclic amines) is 1. The third-order valence-electron chi connectivity index (χ3n) is 4.34. The minimum absolute atomic E-state index is 0.181. The molecule has 3 rings (SSSR count). The van der Waals surface area contributed by atoms with Crippen LogP contribution in [0.25, 0.3) is 0 Å². The van der Waals surface area contributed by atoms with E-state index in [9.17, 15) is 9.90 Å². The molecule has 1 N–H and O–H groups in total. The van der Waals surface area contributed by atoms with E-state index in [2.05, 4.69) is 4.98 Å². The summed E-state index contributed by atoms with van der Waals surface area (Å²) < 4.78 is 10.6. The zero-order valence-corrected chi connectivity index (χ0v) is 14.0. The van der Waals surface area contributed by atoms with E-state index in [1.54, 1.807) is 23.2 Å². The Morgan fingerprint density at radius 3 is 2.71 bits per heavy atom. The molecule has 1 saturated heterocycles. The van der Waals surface area contributed by atoms with Crippen molar-refractivity contribution in [1.82, 2.24) is 9.88 Å². The van der Waals surface area contributed by atoms with Crippen LogP contribution in [0, 0.1) is 6.92 Å². The van der Waals surface area contributed by atoms with Crippen molar-refractivity contribution in [2.24, 2.45) is 0 Å². The van der Waals surface area contributed by atoms with Gasteiger partial charge in [0.05, 0.1) is 12.3 Å². The van der Waals surface area contributed by atoms with E-state index < -0.39 is 5.60 Å². The fourth-order valence-corrected chi connectivity index (χ4v) is 2.89. The first-order chi connectivity index (χ1) is 11.5. The predicted molar refractivity (Wildman–Crippen MR) is 87.9 cm³/mol. The number of nitrogens with zero attached hydrogens (tertiary/aromatic N) is 2. The Balaban J connectivity index is 1.65. The minimum atomic E-state index is -0.982. The van der Waals surface area contributed by atoms with Crippen LogP contribution in [0.1, 0.15) is 41.6 Å². The average Bonchev–Trinajstić information content (AvgIpc) is 3.04. The summed E-state index contributed by atoms with van der Waals surface area (Å²) in [5.74, 6) is 0.426. The molecule has 24 heavy (non-hydrogen) atoms. The maximum absolute atomic E-state index is 12.5. The van der Waals surface area contributed by atoms with Crippen molar-refractivity contribution in [3.8, 4) is 5.95 Å². The zero-order chi connectivity index (χ0) is 17.2. The molecule has 2 aromatic heterocycles. The van der Waals surface area contributed by atoms with E-state index >= 15 is 0 Å². The summed E-state index contributed by atoms with van der Waals surface area (Å²) in [4.78, 5) is 18.5. The molecule has 1 amide bonds. The van der Waals surface area contributed by atoms with Gasteiger partial charge in [0.2, 0.25) is 0 Å². The van der Waals surface area contributed by atoms with Gasteiger partial charge in [0.25, 0.3) is 11.9 Å². The van der Waals surface area contributed by atoms with Gasteiger partial charge in [-0.3, -0.25) is 9.78 Å². The highest BCUT2D eigenvalue weighted by Gasteiger charge is 2.37. The zero-order valence-electron chi connectivity index (χ0n) is 14.0. The summed E-state index contributed by atoms with van der Waals surface area (Å²) in [7, 11) is 0. The first kappa shape index (κ1) is 16.5. The van der Waals surface area contributed by atoms with Crippen LogP contribution in [0.4, 0.5) is 0 Å². The van der Waals surface area contributed by atoms with Crippen molar-refractivity contribution in [3.05, 3.63) is 47.5 Å². The summed E-state index contributed by atoms with van der Waals surface area (Å²) >= 11 is 0. The van der Waals surface area contributed by atoms with Gasteiger partial charge in [-0.15, -0.1) is 0 Å². The van der Waals surface area contributed by atoms with Gasteiger partial charge in [0.15, 0.2) is 5.76 Å². The maximum Gasteiger partial charge on any atom is 0.289 e. The summed E-state index contributed by atoms with van der Waals surface area (Å²) in [6.45, 7) is 5.21. The number of rotatable bonds is 4. The third kappa shape index (κ3) is 3.28. The number of pyridine rings is 1. The number of carbonyl (C=O) groups excluding carboxylic acids is 1. The molecule has 0 spiro atoms. The predicted octanol–water partition coefficient (Wildman–Crippen LogP) is 2.51. The maximum atomic E-state index is 12.5. The molecule has 0 unspecified atom stereocenters. The van der Waals surface area contributed by atoms with Gasteiger partial charge in [-0.2, -0.15) is 0 Å². The van der Waals surface area contributed by atoms with Gasteiger partial charge in [0, 0.05) is 25.4 Å². The van der Waals surface area contributed by atoms with Crippen molar-refractivity contribution < 1.29 is 19.1 Å². The lowest BCUT2D eigenvalue weighted by molar-refractivity contribution is -0.0251. The lowest BCUT2D eigenvalue weighted by atomic mass is 9.87. The third-order valence-corrected chi connectivity index (χ3v) is 4.34. The van der Waals surface area contributed by atoms with E-state index in [0.29, 0.717) is 44.2 Å². The highest BCUT2D eigenvalue weighted by molar-refractivity contribution is 5.91. The number of aromatic nitrogens is 1. The molecule has 6 nitrogen and oxygen atoms in total. The van der Waals surface area contributed by atoms with Crippen LogP contribution in [0.3, 0.4) is 0 Å². The van der Waals surface area contributed by atoms with Gasteiger partial charge >= 0.3 is 0 Å². The monoisotopic (exact) mass is 330 g/mol. The van der Waals surface area contributed by atoms with E-state index in [0.717, 1.165) is 5.56 Å². The number of aryl methyl sites for hydroxylation is 1. The van der Waals surface area contributed by atoms with Gasteiger partial charge in [-0.1, -0.05) is 6.07 Å². The van der Waals surface area contributed by atoms with Crippen LogP contribution in [-0.2, 0) is 5.60 Å². The number of amides is 1. The smallest absolute Gasteiger partial charge is 0.289 e. The molecule has 1 aliphatic rings. The Bertz CT molecular complexity index is 700. The number of ether oxygens (including phenoxy) is 1. The molecule has 6 heteroatoms. The number of furan rings is 1. The standard InChI is InChI=1S/C18H22N2O4/c1-3-23-16-7-5-14(24-16)17(21)20-10-8-18(22,9-11-20)15-6-4-13(2)12-19-15/h4-7,12,22H,3,8-11H2,1-2H3. The Morgan fingerprint density at radius 2 is 2.08 bits per heavy atom. The molecule has 1 aliphatic heterocycles. The van der Waals surface area contributed by atoms with Gasteiger partial charge in [-0.05, 0) is 44.4 Å². The molecule has 0 radical (unpaired) electrons. The molecule has 1 fully saturated rings. The van der Waals surface area contributed by atoms with Crippen LogP contribution in [0.2, 0.25) is 0 Å². The van der Waals surface area contributed by atoms with E-state index in [1.807, 2.05) is 26.0 Å². The van der Waals surface area contributed by atoms with Crippen molar-refractivity contribution in [3.63, 3.8) is 0 Å². The minimum Gasteiger partial charge on any atom is -0.465 e. The number of aliphatic hydroxyl groups is 1. The number of carbonyl (C=O) groups is 1. The van der Waals surface area contributed by atoms with E-state index in [-0.39, 0.29) is 11.7 Å². The second-order valence-corrected chi connectivity index (χ2v) is 6.10. The lowest BCUT2D eigenvalue weighted by Gasteiger charge is -2.37. The van der Waals surface area contributed by atoms with Gasteiger partial charge in [-0.25, -0.2) is 0 Å². The molecule has 0 saturated carbocycles. The van der Waals surface area contributed by atoms with Crippen molar-refractivity contribution in [2.75, 3.05) is 19.7 Å². The Hall–Kier alpha value is -2.34. The Kier molecular flexibility index (Phi) is 4.57. The van der Waals surface area contributed by atoms with Crippen LogP contribution < -0.4 is 4.74 Å². The van der Waals surface area contributed by atoms with E-state index in [1.165, 1.54) is 0 Å². The van der Waals surface area contributed by atoms with Crippen molar-refractivity contribution in [1.29, 1.82) is 0 Å². The molecule has 0 aliphatic carbocycles. The largest absolute Gasteiger partial charge is 0.465 e. The summed E-state index contributed by atoms with van der Waals surface area (Å²) in [5, 5.41) is 10.8. The fourth-order valence-electron chi connectivity index (χ4n) is 2.89. The molecule has 0 atom stereocenters. The van der Waals surface area contributed by atoms with Crippen LogP contribution in [-0.4, -0.2) is 40.6 Å². The highest BCUT2D eigenvalue weighted by Crippen LogP contribution is 2.32. The first-order valence-electron chi connectivity index (χ1n) is 8.19. The molecule has 0 bridgehead atoms. The van der Waals surface area contributed by atoms with Crippen molar-refractivity contribution >= 4 is 5.91 Å². The SMILES string of the molecule is CCOc1ccc(C(=O)N2CCC(O)(c3ccc(C)cn3)CC2)o1. The second kappa shape index (κ2) is 6.65. The molecular weight excluding hydrogens is 308 g/mol. The quantitative estimate of drug-likeness (QED) is 0.932. The first-order valence-corrected chi connectivity index (χ1v) is 8.19. The molecule has 0 aromatic carbocycles. The molecule has 128 valence electrons. The molecular formula is C18H22N2O4. The fraction of sp³-hybridized carbons (Fsp3) is 0.444. The van der Waals surface area contributed by atoms with Crippen molar-refractivity contribution in [2.45, 2.75) is 32.3 Å². The second-order valence-electron chi connectivity index (χ2n) is 6.10. The Morgan fingerprint density at radius 1 is 1.33 bits per heavy atom. The highest BCUT2D eigenvalue weighted by atomic mass is 16.6. The summed E-state index contributed by atoms with van der Waals surface area (Å²) in [5.41, 5.74) is 0.735. The number of piperidine rings is 1. The number of hydrogen-bond acceptors (Lipinski definition) is 5. The van der Waals surface area contributed by atoms with Crippen LogP contribution >= 0.6 is 0 Å². The lowest BCUT2D eigenvalue weighted by Crippen LogP contribution is -2.45.